The standard InChI is InChI=1S/CH3BO3.Sn/c1-5-2(3)4;/h1H3;/q-2;+2. The summed E-state index contributed by atoms with van der Waals surface area (Å²) in [7, 11) is -1.04. The minimum atomic E-state index is -2.12. The van der Waals surface area contributed by atoms with E-state index in [1.165, 1.54) is 0 Å². The maximum atomic E-state index is 9.12. The minimum Gasteiger partial charge on any atom is -0.871 e. The molecular weight excluding hydrogens is 190 g/mol. The summed E-state index contributed by atoms with van der Waals surface area (Å²) in [6, 6.07) is 0. The van der Waals surface area contributed by atoms with E-state index < -0.39 is 7.32 Å². The Labute approximate surface area is 53.4 Å². The van der Waals surface area contributed by atoms with Crippen molar-refractivity contribution in [1.82, 2.24) is 0 Å². The number of hydrogen-bond donors (Lipinski definition) is 0. The Hall–Kier alpha value is 0.744. The molecule has 6 heavy (non-hydrogen) atoms. The molecule has 0 rings (SSSR count). The van der Waals surface area contributed by atoms with E-state index in [-0.39, 0.29) is 23.9 Å². The van der Waals surface area contributed by atoms with Crippen molar-refractivity contribution >= 4 is 31.2 Å². The minimum absolute atomic E-state index is 0. The van der Waals surface area contributed by atoms with Crippen molar-refractivity contribution in [2.75, 3.05) is 7.11 Å². The first-order valence-electron chi connectivity index (χ1n) is 1.12. The van der Waals surface area contributed by atoms with Crippen molar-refractivity contribution in [3.8, 4) is 0 Å². The molecule has 5 heteroatoms. The molecule has 0 atom stereocenters. The summed E-state index contributed by atoms with van der Waals surface area (Å²) in [6.07, 6.45) is 0. The smallest absolute Gasteiger partial charge is 0.871 e. The third kappa shape index (κ3) is 8.83. The van der Waals surface area contributed by atoms with Crippen molar-refractivity contribution in [2.45, 2.75) is 0 Å². The van der Waals surface area contributed by atoms with Crippen LogP contribution in [-0.2, 0) is 4.65 Å². The topological polar surface area (TPSA) is 55.3 Å². The van der Waals surface area contributed by atoms with E-state index >= 15 is 0 Å². The molecular formula is CH3BO3Sn. The number of rotatable bonds is 1. The second kappa shape index (κ2) is 5.74. The van der Waals surface area contributed by atoms with Gasteiger partial charge in [0, 0.05) is 7.11 Å². The van der Waals surface area contributed by atoms with Gasteiger partial charge >= 0.3 is 23.9 Å². The van der Waals surface area contributed by atoms with E-state index in [9.17, 15) is 0 Å². The molecule has 0 bridgehead atoms. The van der Waals surface area contributed by atoms with Crippen molar-refractivity contribution < 1.29 is 14.7 Å². The molecule has 0 aromatic rings. The molecule has 0 aliphatic carbocycles. The summed E-state index contributed by atoms with van der Waals surface area (Å²) in [5.74, 6) is 0. The summed E-state index contributed by atoms with van der Waals surface area (Å²) in [6.45, 7) is 0. The zero-order chi connectivity index (χ0) is 4.28. The average molecular weight is 193 g/mol. The molecule has 0 saturated heterocycles. The summed E-state index contributed by atoms with van der Waals surface area (Å²) >= 11 is 0. The Kier molecular flexibility index (Phi) is 9.46. The van der Waals surface area contributed by atoms with Crippen LogP contribution in [0.2, 0.25) is 0 Å². The van der Waals surface area contributed by atoms with Gasteiger partial charge in [0.2, 0.25) is 0 Å². The van der Waals surface area contributed by atoms with Gasteiger partial charge in [-0.2, -0.15) is 0 Å². The van der Waals surface area contributed by atoms with Crippen LogP contribution in [0.5, 0.6) is 0 Å². The number of hydrogen-bond acceptors (Lipinski definition) is 3. The van der Waals surface area contributed by atoms with Gasteiger partial charge in [-0.1, -0.05) is 0 Å². The summed E-state index contributed by atoms with van der Waals surface area (Å²) in [5.41, 5.74) is 0. The fourth-order valence-corrected chi connectivity index (χ4v) is 0. The first kappa shape index (κ1) is 9.89. The molecule has 0 aliphatic heterocycles. The van der Waals surface area contributed by atoms with Gasteiger partial charge in [-0.25, -0.2) is 0 Å². The quantitative estimate of drug-likeness (QED) is 0.415. The summed E-state index contributed by atoms with van der Waals surface area (Å²) < 4.78 is 3.64. The predicted molar refractivity (Wildman–Crippen MR) is 18.5 cm³/mol. The van der Waals surface area contributed by atoms with E-state index in [1.807, 2.05) is 0 Å². The van der Waals surface area contributed by atoms with Gasteiger partial charge in [0.15, 0.2) is 0 Å². The van der Waals surface area contributed by atoms with Crippen molar-refractivity contribution in [2.24, 2.45) is 0 Å². The van der Waals surface area contributed by atoms with Crippen molar-refractivity contribution in [1.29, 1.82) is 0 Å². The predicted octanol–water partition coefficient (Wildman–Crippen LogP) is -3.04. The second-order valence-electron chi connectivity index (χ2n) is 0.524. The van der Waals surface area contributed by atoms with Crippen molar-refractivity contribution in [3.05, 3.63) is 0 Å². The molecule has 0 heterocycles. The Bertz CT molecular complexity index is 24.8. The van der Waals surface area contributed by atoms with Crippen LogP contribution in [-0.4, -0.2) is 38.3 Å². The maximum Gasteiger partial charge on any atom is 2.00 e. The van der Waals surface area contributed by atoms with Crippen LogP contribution < -0.4 is 10.0 Å². The molecule has 0 aromatic carbocycles. The van der Waals surface area contributed by atoms with Crippen LogP contribution in [0.25, 0.3) is 0 Å². The van der Waals surface area contributed by atoms with Gasteiger partial charge in [0.05, 0.1) is 7.32 Å². The molecule has 0 aliphatic rings. The second-order valence-corrected chi connectivity index (χ2v) is 0.524. The Balaban J connectivity index is 0. The summed E-state index contributed by atoms with van der Waals surface area (Å²) in [4.78, 5) is 0. The molecule has 0 unspecified atom stereocenters. The van der Waals surface area contributed by atoms with Gasteiger partial charge in [-0.05, 0) is 0 Å². The normalized spacial score (nSPS) is 6.50. The molecule has 0 N–H and O–H groups in total. The molecule has 2 radical (unpaired) electrons. The molecule has 0 saturated carbocycles. The molecule has 32 valence electrons. The molecule has 0 fully saturated rings. The first-order valence-corrected chi connectivity index (χ1v) is 1.12. The van der Waals surface area contributed by atoms with Crippen LogP contribution in [0.15, 0.2) is 0 Å². The fraction of sp³-hybridized carbons (Fsp3) is 1.00. The van der Waals surface area contributed by atoms with Gasteiger partial charge in [0.1, 0.15) is 0 Å². The fourth-order valence-electron chi connectivity index (χ4n) is 0. The zero-order valence-electron chi connectivity index (χ0n) is 3.30. The molecule has 0 amide bonds. The van der Waals surface area contributed by atoms with E-state index in [1.54, 1.807) is 0 Å². The zero-order valence-corrected chi connectivity index (χ0v) is 6.16. The average Bonchev–Trinajstić information content (AvgIpc) is 1.38. The van der Waals surface area contributed by atoms with Gasteiger partial charge in [-0.3, -0.25) is 0 Å². The third-order valence-electron chi connectivity index (χ3n) is 0.192. The van der Waals surface area contributed by atoms with E-state index in [4.69, 9.17) is 10.0 Å². The van der Waals surface area contributed by atoms with Gasteiger partial charge in [-0.15, -0.1) is 0 Å². The SMILES string of the molecule is COB([O-])[O-].[Sn+2]. The Morgan fingerprint density at radius 3 is 1.67 bits per heavy atom. The van der Waals surface area contributed by atoms with E-state index in [0.717, 1.165) is 7.11 Å². The van der Waals surface area contributed by atoms with Crippen LogP contribution in [0.1, 0.15) is 0 Å². The van der Waals surface area contributed by atoms with Gasteiger partial charge in [0.25, 0.3) is 0 Å². The molecule has 0 spiro atoms. The van der Waals surface area contributed by atoms with Crippen LogP contribution in [0, 0.1) is 0 Å². The van der Waals surface area contributed by atoms with Crippen molar-refractivity contribution in [3.63, 3.8) is 0 Å². The van der Waals surface area contributed by atoms with Crippen LogP contribution in [0.4, 0.5) is 0 Å². The van der Waals surface area contributed by atoms with Crippen LogP contribution >= 0.6 is 0 Å². The summed E-state index contributed by atoms with van der Waals surface area (Å²) in [5, 5.41) is 18.2. The van der Waals surface area contributed by atoms with E-state index in [0.29, 0.717) is 0 Å². The van der Waals surface area contributed by atoms with Crippen LogP contribution in [0.3, 0.4) is 0 Å². The Morgan fingerprint density at radius 1 is 1.50 bits per heavy atom. The monoisotopic (exact) mass is 194 g/mol. The maximum absolute atomic E-state index is 9.12. The van der Waals surface area contributed by atoms with Gasteiger partial charge < -0.3 is 14.7 Å². The molecule has 3 nitrogen and oxygen atoms in total. The largest absolute Gasteiger partial charge is 2.00 e. The first-order chi connectivity index (χ1) is 2.27. The third-order valence-corrected chi connectivity index (χ3v) is 0.192. The van der Waals surface area contributed by atoms with E-state index in [2.05, 4.69) is 4.65 Å². The Morgan fingerprint density at radius 2 is 1.67 bits per heavy atom. The molecule has 0 aromatic heterocycles.